The molecule has 2 heterocycles. The molecule has 2 aromatic heterocycles. The maximum Gasteiger partial charge on any atom is 0.254 e. The molecule has 0 saturated heterocycles. The summed E-state index contributed by atoms with van der Waals surface area (Å²) in [5.41, 5.74) is 3.87. The Bertz CT molecular complexity index is 1050. The number of aromatic amines is 1. The molecule has 170 valence electrons. The topological polar surface area (TPSA) is 95.1 Å². The monoisotopic (exact) mass is 470 g/mol. The number of anilines is 1. The first-order valence-electron chi connectivity index (χ1n) is 10.7. The third-order valence-corrected chi connectivity index (χ3v) is 6.65. The first-order chi connectivity index (χ1) is 15.7. The summed E-state index contributed by atoms with van der Waals surface area (Å²) < 4.78 is 0. The van der Waals surface area contributed by atoms with Crippen LogP contribution >= 0.6 is 23.1 Å². The quantitative estimate of drug-likeness (QED) is 0.201. The van der Waals surface area contributed by atoms with Crippen molar-refractivity contribution in [2.45, 2.75) is 31.9 Å². The fourth-order valence-electron chi connectivity index (χ4n) is 3.12. The molecule has 0 unspecified atom stereocenters. The van der Waals surface area contributed by atoms with Gasteiger partial charge in [-0.3, -0.25) is 9.79 Å². The molecular formula is C23H30N6OS2. The molecule has 0 saturated carbocycles. The zero-order valence-electron chi connectivity index (χ0n) is 18.6. The van der Waals surface area contributed by atoms with E-state index in [2.05, 4.69) is 48.1 Å². The lowest BCUT2D eigenvalue weighted by Gasteiger charge is -2.07. The van der Waals surface area contributed by atoms with Gasteiger partial charge in [0.2, 0.25) is 0 Å². The summed E-state index contributed by atoms with van der Waals surface area (Å²) in [5, 5.41) is 9.06. The lowest BCUT2D eigenvalue weighted by molar-refractivity contribution is 0.804. The van der Waals surface area contributed by atoms with Crippen molar-refractivity contribution in [3.05, 3.63) is 74.4 Å². The van der Waals surface area contributed by atoms with Crippen molar-refractivity contribution in [2.75, 3.05) is 31.2 Å². The minimum atomic E-state index is -0.0139. The van der Waals surface area contributed by atoms with Gasteiger partial charge in [0.25, 0.3) is 5.56 Å². The van der Waals surface area contributed by atoms with E-state index in [0.717, 1.165) is 65.3 Å². The molecule has 0 aliphatic heterocycles. The van der Waals surface area contributed by atoms with Crippen molar-refractivity contribution in [3.63, 3.8) is 0 Å². The molecule has 0 amide bonds. The van der Waals surface area contributed by atoms with Gasteiger partial charge in [-0.2, -0.15) is 11.8 Å². The molecule has 0 bridgehead atoms. The van der Waals surface area contributed by atoms with Gasteiger partial charge in [-0.15, -0.1) is 11.3 Å². The largest absolute Gasteiger partial charge is 0.323 e. The van der Waals surface area contributed by atoms with Crippen molar-refractivity contribution in [2.24, 2.45) is 4.99 Å². The summed E-state index contributed by atoms with van der Waals surface area (Å²) in [6.07, 6.45) is 3.97. The summed E-state index contributed by atoms with van der Waals surface area (Å²) in [7, 11) is 1.91. The Morgan fingerprint density at radius 3 is 2.81 bits per heavy atom. The van der Waals surface area contributed by atoms with Crippen molar-refractivity contribution in [1.29, 1.82) is 0 Å². The van der Waals surface area contributed by atoms with E-state index in [0.29, 0.717) is 6.42 Å². The van der Waals surface area contributed by atoms with Crippen molar-refractivity contribution in [3.8, 4) is 0 Å². The average molecular weight is 471 g/mol. The van der Waals surface area contributed by atoms with E-state index < -0.39 is 0 Å². The molecule has 0 radical (unpaired) electrons. The minimum absolute atomic E-state index is 0.0139. The zero-order chi connectivity index (χ0) is 22.6. The Balaban J connectivity index is 1.42. The summed E-state index contributed by atoms with van der Waals surface area (Å²) in [5.74, 6) is 2.45. The number of hydrogen-bond donors (Lipinski definition) is 3. The summed E-state index contributed by atoms with van der Waals surface area (Å²) in [6.45, 7) is 3.52. The molecule has 32 heavy (non-hydrogen) atoms. The molecule has 9 heteroatoms. The van der Waals surface area contributed by atoms with Crippen LogP contribution in [0, 0.1) is 6.92 Å². The van der Waals surface area contributed by atoms with Crippen LogP contribution in [0.5, 0.6) is 0 Å². The van der Waals surface area contributed by atoms with Gasteiger partial charge < -0.3 is 15.6 Å². The van der Waals surface area contributed by atoms with Gasteiger partial charge in [-0.05, 0) is 32.4 Å². The first kappa shape index (κ1) is 24.2. The number of aryl methyl sites for hydroxylation is 3. The number of aromatic nitrogens is 3. The van der Waals surface area contributed by atoms with Crippen LogP contribution in [0.3, 0.4) is 0 Å². The molecular weight excluding hydrogens is 440 g/mol. The fourth-order valence-corrected chi connectivity index (χ4v) is 4.74. The molecule has 3 rings (SSSR count). The average Bonchev–Trinajstić information content (AvgIpc) is 3.24. The minimum Gasteiger partial charge on any atom is -0.323 e. The van der Waals surface area contributed by atoms with Crippen LogP contribution in [0.2, 0.25) is 0 Å². The maximum absolute atomic E-state index is 12.6. The lowest BCUT2D eigenvalue weighted by atomic mass is 10.0. The van der Waals surface area contributed by atoms with Gasteiger partial charge in [0.15, 0.2) is 5.13 Å². The molecule has 1 aromatic carbocycles. The predicted molar refractivity (Wildman–Crippen MR) is 136 cm³/mol. The standard InChI is InChI=1S/C23H30N6OS2/c1-17-20(9-8-18-6-4-3-5-7-18)22(30)29-21(27-17)10-13-31-14-19-15-32-23(28-19)26-16-25-12-11-24-2/h3-7,15-16,24H,8-14H2,1-2H3,(H,25,26,28)(H,27,29,30). The van der Waals surface area contributed by atoms with Gasteiger partial charge in [0, 0.05) is 41.1 Å². The molecule has 3 aromatic rings. The SMILES string of the molecule is CNCCN=CNc1nc(CSCCc2nc(C)c(CCc3ccccc3)c(=O)[nH]2)cs1. The number of aliphatic imine (C=N–C) groups is 1. The normalized spacial score (nSPS) is 11.3. The number of rotatable bonds is 13. The number of nitrogens with one attached hydrogen (secondary N) is 3. The van der Waals surface area contributed by atoms with Crippen molar-refractivity contribution in [1.82, 2.24) is 20.3 Å². The summed E-state index contributed by atoms with van der Waals surface area (Å²) in [6, 6.07) is 10.2. The van der Waals surface area contributed by atoms with E-state index in [1.165, 1.54) is 5.56 Å². The second-order valence-electron chi connectivity index (χ2n) is 7.29. The van der Waals surface area contributed by atoms with Gasteiger partial charge in [0.1, 0.15) is 5.82 Å². The summed E-state index contributed by atoms with van der Waals surface area (Å²) >= 11 is 3.36. The highest BCUT2D eigenvalue weighted by atomic mass is 32.2. The zero-order valence-corrected chi connectivity index (χ0v) is 20.2. The maximum atomic E-state index is 12.6. The van der Waals surface area contributed by atoms with E-state index in [9.17, 15) is 4.79 Å². The van der Waals surface area contributed by atoms with Crippen LogP contribution in [0.15, 0.2) is 45.5 Å². The van der Waals surface area contributed by atoms with Crippen molar-refractivity contribution < 1.29 is 0 Å². The molecule has 0 spiro atoms. The Labute approximate surface area is 197 Å². The van der Waals surface area contributed by atoms with Gasteiger partial charge in [-0.25, -0.2) is 9.97 Å². The number of nitrogens with zero attached hydrogens (tertiary/aromatic N) is 3. The Hall–Kier alpha value is -2.49. The fraction of sp³-hybridized carbons (Fsp3) is 0.391. The van der Waals surface area contributed by atoms with E-state index >= 15 is 0 Å². The molecule has 0 aliphatic carbocycles. The van der Waals surface area contributed by atoms with E-state index in [4.69, 9.17) is 0 Å². The number of hydrogen-bond acceptors (Lipinski definition) is 7. The predicted octanol–water partition coefficient (Wildman–Crippen LogP) is 3.46. The van der Waals surface area contributed by atoms with Gasteiger partial charge in [-0.1, -0.05) is 30.3 Å². The van der Waals surface area contributed by atoms with Crippen LogP contribution in [-0.2, 0) is 25.0 Å². The number of benzene rings is 1. The second kappa shape index (κ2) is 13.1. The van der Waals surface area contributed by atoms with Crippen LogP contribution in [-0.4, -0.2) is 47.2 Å². The lowest BCUT2D eigenvalue weighted by Crippen LogP contribution is -2.20. The van der Waals surface area contributed by atoms with E-state index in [1.54, 1.807) is 29.4 Å². The molecule has 3 N–H and O–H groups in total. The second-order valence-corrected chi connectivity index (χ2v) is 9.26. The van der Waals surface area contributed by atoms with Crippen LogP contribution in [0.25, 0.3) is 0 Å². The van der Waals surface area contributed by atoms with Crippen LogP contribution < -0.4 is 16.2 Å². The van der Waals surface area contributed by atoms with Gasteiger partial charge >= 0.3 is 0 Å². The molecule has 7 nitrogen and oxygen atoms in total. The number of thiazole rings is 1. The summed E-state index contributed by atoms with van der Waals surface area (Å²) in [4.78, 5) is 29.0. The number of H-pyrrole nitrogens is 1. The third kappa shape index (κ3) is 7.89. The van der Waals surface area contributed by atoms with Crippen LogP contribution in [0.4, 0.5) is 5.13 Å². The van der Waals surface area contributed by atoms with Crippen LogP contribution in [0.1, 0.15) is 28.3 Å². The Morgan fingerprint density at radius 1 is 1.19 bits per heavy atom. The Kier molecular flexibility index (Phi) is 9.93. The van der Waals surface area contributed by atoms with Gasteiger partial charge in [0.05, 0.1) is 18.6 Å². The smallest absolute Gasteiger partial charge is 0.254 e. The molecule has 0 fully saturated rings. The number of likely N-dealkylation sites (N-methyl/N-ethyl adjacent to an activating group) is 1. The highest BCUT2D eigenvalue weighted by molar-refractivity contribution is 7.98. The van der Waals surface area contributed by atoms with E-state index in [-0.39, 0.29) is 5.56 Å². The highest BCUT2D eigenvalue weighted by Crippen LogP contribution is 2.19. The molecule has 0 aliphatic rings. The molecule has 0 atom stereocenters. The third-order valence-electron chi connectivity index (χ3n) is 4.83. The Morgan fingerprint density at radius 2 is 2.03 bits per heavy atom. The van der Waals surface area contributed by atoms with Crippen molar-refractivity contribution >= 4 is 34.6 Å². The number of thioether (sulfide) groups is 1. The highest BCUT2D eigenvalue weighted by Gasteiger charge is 2.09. The van der Waals surface area contributed by atoms with E-state index in [1.807, 2.05) is 32.2 Å². The first-order valence-corrected chi connectivity index (χ1v) is 12.7.